The second kappa shape index (κ2) is 12.4. The Bertz CT molecular complexity index is 838. The van der Waals surface area contributed by atoms with Gasteiger partial charge in [-0.1, -0.05) is 101 Å². The van der Waals surface area contributed by atoms with E-state index < -0.39 is 5.79 Å². The van der Waals surface area contributed by atoms with Crippen LogP contribution < -0.4 is 0 Å². The zero-order valence-electron chi connectivity index (χ0n) is 21.9. The van der Waals surface area contributed by atoms with Crippen molar-refractivity contribution < 1.29 is 9.47 Å². The highest BCUT2D eigenvalue weighted by Crippen LogP contribution is 2.39. The third-order valence-electron chi connectivity index (χ3n) is 8.34. The van der Waals surface area contributed by atoms with Crippen molar-refractivity contribution in [2.75, 3.05) is 13.2 Å². The molecule has 0 N–H and O–H groups in total. The summed E-state index contributed by atoms with van der Waals surface area (Å²) in [6.07, 6.45) is 14.9. The minimum absolute atomic E-state index is 0.530. The molecule has 34 heavy (non-hydrogen) atoms. The standard InChI is InChI=1S/C32H46O2/c1-4-6-8-10-25-11-13-27(14-12-25)28-15-17-29(18-16-28)30-19-21-31(22-20-30)32(3)33-23-26(24-34-32)9-7-5-2/h15-22,25-27H,4-14,23-24H2,1-3H3. The van der Waals surface area contributed by atoms with E-state index in [-0.39, 0.29) is 0 Å². The van der Waals surface area contributed by atoms with Crippen LogP contribution in [0.15, 0.2) is 48.5 Å². The lowest BCUT2D eigenvalue weighted by molar-refractivity contribution is -0.282. The maximum atomic E-state index is 6.20. The molecule has 186 valence electrons. The number of unbranched alkanes of at least 4 members (excludes halogenated alkanes) is 3. The minimum atomic E-state index is -0.625. The molecule has 2 heteroatoms. The van der Waals surface area contributed by atoms with Crippen LogP contribution in [0.4, 0.5) is 0 Å². The molecule has 1 aliphatic heterocycles. The number of hydrogen-bond acceptors (Lipinski definition) is 2. The molecular weight excluding hydrogens is 416 g/mol. The zero-order chi connectivity index (χ0) is 23.8. The fourth-order valence-corrected chi connectivity index (χ4v) is 5.85. The Labute approximate surface area is 208 Å². The van der Waals surface area contributed by atoms with Gasteiger partial charge in [0.25, 0.3) is 0 Å². The molecule has 0 spiro atoms. The summed E-state index contributed by atoms with van der Waals surface area (Å²) in [7, 11) is 0. The van der Waals surface area contributed by atoms with Gasteiger partial charge in [-0.05, 0) is 67.6 Å². The molecule has 2 aromatic carbocycles. The Balaban J connectivity index is 1.31. The monoisotopic (exact) mass is 462 g/mol. The number of rotatable bonds is 10. The van der Waals surface area contributed by atoms with Gasteiger partial charge in [-0.25, -0.2) is 0 Å². The Morgan fingerprint density at radius 3 is 1.82 bits per heavy atom. The topological polar surface area (TPSA) is 18.5 Å². The van der Waals surface area contributed by atoms with E-state index in [9.17, 15) is 0 Å². The van der Waals surface area contributed by atoms with E-state index >= 15 is 0 Å². The summed E-state index contributed by atoms with van der Waals surface area (Å²) in [4.78, 5) is 0. The number of hydrogen-bond donors (Lipinski definition) is 0. The molecule has 0 amide bonds. The van der Waals surface area contributed by atoms with Gasteiger partial charge in [0.15, 0.2) is 5.79 Å². The van der Waals surface area contributed by atoms with Crippen LogP contribution in [-0.2, 0) is 15.3 Å². The fraction of sp³-hybridized carbons (Fsp3) is 0.625. The molecular formula is C32H46O2. The Hall–Kier alpha value is -1.64. The van der Waals surface area contributed by atoms with E-state index in [1.54, 1.807) is 0 Å². The molecule has 0 aromatic heterocycles. The highest BCUT2D eigenvalue weighted by atomic mass is 16.7. The van der Waals surface area contributed by atoms with Crippen LogP contribution in [0.3, 0.4) is 0 Å². The van der Waals surface area contributed by atoms with Crippen LogP contribution in [0.1, 0.15) is 108 Å². The van der Waals surface area contributed by atoms with Crippen molar-refractivity contribution in [3.05, 3.63) is 59.7 Å². The first-order valence-electron chi connectivity index (χ1n) is 14.1. The maximum Gasteiger partial charge on any atom is 0.191 e. The summed E-state index contributed by atoms with van der Waals surface area (Å²) in [5, 5.41) is 0. The summed E-state index contributed by atoms with van der Waals surface area (Å²) >= 11 is 0. The van der Waals surface area contributed by atoms with E-state index in [1.807, 2.05) is 0 Å². The van der Waals surface area contributed by atoms with Crippen LogP contribution in [-0.4, -0.2) is 13.2 Å². The Morgan fingerprint density at radius 1 is 0.676 bits per heavy atom. The Kier molecular flexibility index (Phi) is 9.25. The van der Waals surface area contributed by atoms with Crippen LogP contribution in [0.2, 0.25) is 0 Å². The molecule has 1 saturated carbocycles. The average molecular weight is 463 g/mol. The Morgan fingerprint density at radius 2 is 1.24 bits per heavy atom. The molecule has 2 aliphatic rings. The minimum Gasteiger partial charge on any atom is -0.346 e. The van der Waals surface area contributed by atoms with Gasteiger partial charge < -0.3 is 9.47 Å². The molecule has 1 saturated heterocycles. The van der Waals surface area contributed by atoms with Gasteiger partial charge in [-0.3, -0.25) is 0 Å². The van der Waals surface area contributed by atoms with Crippen molar-refractivity contribution in [1.29, 1.82) is 0 Å². The zero-order valence-corrected chi connectivity index (χ0v) is 21.9. The normalized spacial score (nSPS) is 27.6. The highest BCUT2D eigenvalue weighted by molar-refractivity contribution is 5.64. The lowest BCUT2D eigenvalue weighted by atomic mass is 9.77. The van der Waals surface area contributed by atoms with E-state index in [2.05, 4.69) is 69.3 Å². The van der Waals surface area contributed by atoms with Gasteiger partial charge >= 0.3 is 0 Å². The molecule has 4 rings (SSSR count). The van der Waals surface area contributed by atoms with Crippen LogP contribution in [0.5, 0.6) is 0 Å². The predicted octanol–water partition coefficient (Wildman–Crippen LogP) is 9.23. The second-order valence-electron chi connectivity index (χ2n) is 11.0. The summed E-state index contributed by atoms with van der Waals surface area (Å²) in [6.45, 7) is 8.19. The molecule has 0 radical (unpaired) electrons. The van der Waals surface area contributed by atoms with Crippen molar-refractivity contribution in [2.45, 2.75) is 103 Å². The van der Waals surface area contributed by atoms with E-state index in [0.717, 1.165) is 30.6 Å². The van der Waals surface area contributed by atoms with Crippen LogP contribution in [0, 0.1) is 11.8 Å². The average Bonchev–Trinajstić information content (AvgIpc) is 2.89. The lowest BCUT2D eigenvalue weighted by Crippen LogP contribution is -2.39. The van der Waals surface area contributed by atoms with Crippen LogP contribution >= 0.6 is 0 Å². The summed E-state index contributed by atoms with van der Waals surface area (Å²) in [5.74, 6) is 1.63. The summed E-state index contributed by atoms with van der Waals surface area (Å²) in [6, 6.07) is 18.1. The molecule has 0 atom stereocenters. The van der Waals surface area contributed by atoms with Crippen molar-refractivity contribution in [3.8, 4) is 11.1 Å². The third kappa shape index (κ3) is 6.52. The van der Waals surface area contributed by atoms with E-state index in [1.165, 1.54) is 87.3 Å². The molecule has 2 aromatic rings. The molecule has 2 nitrogen and oxygen atoms in total. The smallest absolute Gasteiger partial charge is 0.191 e. The molecule has 2 fully saturated rings. The highest BCUT2D eigenvalue weighted by Gasteiger charge is 2.34. The van der Waals surface area contributed by atoms with Crippen molar-refractivity contribution >= 4 is 0 Å². The van der Waals surface area contributed by atoms with Gasteiger partial charge in [-0.2, -0.15) is 0 Å². The van der Waals surface area contributed by atoms with Gasteiger partial charge in [-0.15, -0.1) is 0 Å². The van der Waals surface area contributed by atoms with Crippen LogP contribution in [0.25, 0.3) is 11.1 Å². The van der Waals surface area contributed by atoms with E-state index in [4.69, 9.17) is 9.47 Å². The van der Waals surface area contributed by atoms with Gasteiger partial charge in [0.1, 0.15) is 0 Å². The van der Waals surface area contributed by atoms with Gasteiger partial charge in [0.05, 0.1) is 13.2 Å². The number of ether oxygens (including phenoxy) is 2. The summed E-state index contributed by atoms with van der Waals surface area (Å²) in [5.41, 5.74) is 5.19. The molecule has 0 unspecified atom stereocenters. The largest absolute Gasteiger partial charge is 0.346 e. The molecule has 1 aliphatic carbocycles. The SMILES string of the molecule is CCCCCC1CCC(c2ccc(-c3ccc(C4(C)OCC(CCCC)CO4)cc3)cc2)CC1. The summed E-state index contributed by atoms with van der Waals surface area (Å²) < 4.78 is 12.4. The fourth-order valence-electron chi connectivity index (χ4n) is 5.85. The van der Waals surface area contributed by atoms with Crippen molar-refractivity contribution in [3.63, 3.8) is 0 Å². The van der Waals surface area contributed by atoms with E-state index in [0.29, 0.717) is 5.92 Å². The lowest BCUT2D eigenvalue weighted by Gasteiger charge is -2.38. The first-order chi connectivity index (χ1) is 16.6. The van der Waals surface area contributed by atoms with Crippen molar-refractivity contribution in [1.82, 2.24) is 0 Å². The third-order valence-corrected chi connectivity index (χ3v) is 8.34. The number of benzene rings is 2. The quantitative estimate of drug-likeness (QED) is 0.328. The van der Waals surface area contributed by atoms with Gasteiger partial charge in [0, 0.05) is 11.5 Å². The second-order valence-corrected chi connectivity index (χ2v) is 11.0. The molecule has 0 bridgehead atoms. The molecule has 1 heterocycles. The first-order valence-corrected chi connectivity index (χ1v) is 14.1. The first kappa shape index (κ1) is 25.5. The maximum absolute atomic E-state index is 6.20. The predicted molar refractivity (Wildman–Crippen MR) is 143 cm³/mol. The van der Waals surface area contributed by atoms with Gasteiger partial charge in [0.2, 0.25) is 0 Å². The van der Waals surface area contributed by atoms with Crippen molar-refractivity contribution in [2.24, 2.45) is 11.8 Å².